The Kier molecular flexibility index (Phi) is 8.60. The van der Waals surface area contributed by atoms with Crippen LogP contribution in [0.4, 0.5) is 5.13 Å². The average molecular weight is 499 g/mol. The fourth-order valence-corrected chi connectivity index (χ4v) is 4.78. The molecule has 0 atom stereocenters. The number of likely N-dealkylation sites (N-methyl/N-ethyl adjacent to an activating group) is 1. The van der Waals surface area contributed by atoms with E-state index in [9.17, 15) is 13.2 Å². The molecule has 0 aliphatic rings. The zero-order chi connectivity index (χ0) is 22.8. The summed E-state index contributed by atoms with van der Waals surface area (Å²) in [5.74, 6) is 0.494. The second-order valence-electron chi connectivity index (χ2n) is 7.40. The van der Waals surface area contributed by atoms with E-state index in [-0.39, 0.29) is 23.2 Å². The lowest BCUT2D eigenvalue weighted by atomic mass is 10.2. The number of rotatable bonds is 8. The van der Waals surface area contributed by atoms with Gasteiger partial charge in [0.2, 0.25) is 10.0 Å². The van der Waals surface area contributed by atoms with Crippen molar-refractivity contribution in [3.05, 3.63) is 48.0 Å². The van der Waals surface area contributed by atoms with E-state index >= 15 is 0 Å². The molecule has 0 saturated heterocycles. The molecule has 0 aliphatic carbocycles. The van der Waals surface area contributed by atoms with Crippen LogP contribution in [0.3, 0.4) is 0 Å². The van der Waals surface area contributed by atoms with Crippen LogP contribution in [0, 0.1) is 0 Å². The molecule has 2 aromatic carbocycles. The minimum Gasteiger partial charge on any atom is -0.497 e. The highest BCUT2D eigenvalue weighted by Crippen LogP contribution is 2.32. The fraction of sp³-hybridized carbons (Fsp3) is 0.333. The van der Waals surface area contributed by atoms with Crippen LogP contribution in [0.25, 0.3) is 10.2 Å². The van der Waals surface area contributed by atoms with E-state index in [0.717, 1.165) is 20.3 Å². The number of fused-ring (bicyclic) bond motifs is 1. The molecular weight excluding hydrogens is 472 g/mol. The lowest BCUT2D eigenvalue weighted by Crippen LogP contribution is -2.36. The van der Waals surface area contributed by atoms with Gasteiger partial charge >= 0.3 is 0 Å². The minimum atomic E-state index is -3.56. The Morgan fingerprint density at radius 2 is 1.69 bits per heavy atom. The number of sulfonamides is 1. The number of aromatic nitrogens is 1. The number of hydrogen-bond donors (Lipinski definition) is 0. The monoisotopic (exact) mass is 498 g/mol. The second kappa shape index (κ2) is 10.6. The SMILES string of the molecule is COc1ccc2nc(N(CCN(C)C)C(=O)c3ccc(S(=O)(=O)N(C)C)cc3)sc2c1.Cl. The fourth-order valence-electron chi connectivity index (χ4n) is 2.86. The number of methoxy groups -OCH3 is 1. The predicted octanol–water partition coefficient (Wildman–Crippen LogP) is 3.19. The number of benzene rings is 2. The maximum Gasteiger partial charge on any atom is 0.260 e. The molecule has 3 aromatic rings. The topological polar surface area (TPSA) is 83.0 Å². The molecule has 0 aliphatic heterocycles. The zero-order valence-corrected chi connectivity index (χ0v) is 21.1. The molecule has 0 unspecified atom stereocenters. The summed E-state index contributed by atoms with van der Waals surface area (Å²) in [4.78, 5) is 21.7. The Balaban J connectivity index is 0.00000363. The van der Waals surface area contributed by atoms with Crippen molar-refractivity contribution in [3.8, 4) is 5.75 Å². The number of anilines is 1. The third-order valence-corrected chi connectivity index (χ3v) is 7.58. The van der Waals surface area contributed by atoms with E-state index < -0.39 is 10.0 Å². The van der Waals surface area contributed by atoms with Crippen LogP contribution in [0.15, 0.2) is 47.4 Å². The molecule has 1 aromatic heterocycles. The number of amides is 1. The zero-order valence-electron chi connectivity index (χ0n) is 18.6. The van der Waals surface area contributed by atoms with Gasteiger partial charge in [-0.15, -0.1) is 12.4 Å². The first-order chi connectivity index (χ1) is 14.6. The van der Waals surface area contributed by atoms with Crippen LogP contribution >= 0.6 is 23.7 Å². The molecule has 0 bridgehead atoms. The number of nitrogens with zero attached hydrogens (tertiary/aromatic N) is 4. The van der Waals surface area contributed by atoms with Crippen LogP contribution in [0.5, 0.6) is 5.75 Å². The average Bonchev–Trinajstić information content (AvgIpc) is 3.16. The van der Waals surface area contributed by atoms with Gasteiger partial charge in [0.05, 0.1) is 22.2 Å². The smallest absolute Gasteiger partial charge is 0.260 e. The van der Waals surface area contributed by atoms with Gasteiger partial charge in [0.25, 0.3) is 5.91 Å². The molecule has 0 radical (unpaired) electrons. The number of ether oxygens (including phenoxy) is 1. The first-order valence-electron chi connectivity index (χ1n) is 9.57. The normalized spacial score (nSPS) is 11.6. The molecule has 0 N–H and O–H groups in total. The summed E-state index contributed by atoms with van der Waals surface area (Å²) in [7, 11) is 4.87. The van der Waals surface area contributed by atoms with Gasteiger partial charge in [-0.3, -0.25) is 9.69 Å². The molecule has 0 fully saturated rings. The molecule has 0 spiro atoms. The summed E-state index contributed by atoms with van der Waals surface area (Å²) in [6, 6.07) is 11.6. The number of halogens is 1. The molecule has 3 rings (SSSR count). The van der Waals surface area contributed by atoms with Gasteiger partial charge < -0.3 is 9.64 Å². The van der Waals surface area contributed by atoms with Crippen molar-refractivity contribution >= 4 is 55.0 Å². The number of hydrogen-bond acceptors (Lipinski definition) is 7. The molecule has 0 saturated carbocycles. The quantitative estimate of drug-likeness (QED) is 0.474. The highest BCUT2D eigenvalue weighted by atomic mass is 35.5. The molecule has 174 valence electrons. The van der Waals surface area contributed by atoms with Gasteiger partial charge in [0, 0.05) is 32.7 Å². The van der Waals surface area contributed by atoms with Gasteiger partial charge in [-0.1, -0.05) is 11.3 Å². The Hall–Kier alpha value is -2.24. The van der Waals surface area contributed by atoms with Crippen molar-refractivity contribution in [2.24, 2.45) is 0 Å². The summed E-state index contributed by atoms with van der Waals surface area (Å²) < 4.78 is 32.0. The summed E-state index contributed by atoms with van der Waals surface area (Å²) in [5, 5.41) is 0.583. The number of carbonyl (C=O) groups is 1. The van der Waals surface area contributed by atoms with Gasteiger partial charge in [-0.2, -0.15) is 0 Å². The Morgan fingerprint density at radius 3 is 2.25 bits per heavy atom. The van der Waals surface area contributed by atoms with E-state index in [0.29, 0.717) is 23.8 Å². The van der Waals surface area contributed by atoms with Crippen molar-refractivity contribution < 1.29 is 17.9 Å². The Bertz CT molecular complexity index is 1180. The van der Waals surface area contributed by atoms with Crippen molar-refractivity contribution in [2.45, 2.75) is 4.90 Å². The highest BCUT2D eigenvalue weighted by molar-refractivity contribution is 7.89. The van der Waals surface area contributed by atoms with Crippen LogP contribution in [-0.2, 0) is 10.0 Å². The maximum absolute atomic E-state index is 13.3. The van der Waals surface area contributed by atoms with Gasteiger partial charge in [-0.05, 0) is 56.6 Å². The number of thiazole rings is 1. The molecule has 1 amide bonds. The molecule has 11 heteroatoms. The van der Waals surface area contributed by atoms with E-state index in [2.05, 4.69) is 4.98 Å². The number of carbonyl (C=O) groups excluding carboxylic acids is 1. The summed E-state index contributed by atoms with van der Waals surface area (Å²) >= 11 is 1.41. The van der Waals surface area contributed by atoms with Crippen LogP contribution < -0.4 is 9.64 Å². The molecule has 32 heavy (non-hydrogen) atoms. The van der Waals surface area contributed by atoms with E-state index in [1.54, 1.807) is 12.0 Å². The predicted molar refractivity (Wildman–Crippen MR) is 131 cm³/mol. The second-order valence-corrected chi connectivity index (χ2v) is 10.6. The lowest BCUT2D eigenvalue weighted by molar-refractivity contribution is 0.0985. The van der Waals surface area contributed by atoms with E-state index in [1.165, 1.54) is 49.7 Å². The molecule has 8 nitrogen and oxygen atoms in total. The summed E-state index contributed by atoms with van der Waals surface area (Å²) in [6.45, 7) is 1.10. The summed E-state index contributed by atoms with van der Waals surface area (Å²) in [6.07, 6.45) is 0. The van der Waals surface area contributed by atoms with Crippen molar-refractivity contribution in [3.63, 3.8) is 0 Å². The summed E-state index contributed by atoms with van der Waals surface area (Å²) in [5.41, 5.74) is 1.18. The van der Waals surface area contributed by atoms with Gasteiger partial charge in [0.15, 0.2) is 5.13 Å². The first-order valence-corrected chi connectivity index (χ1v) is 11.8. The lowest BCUT2D eigenvalue weighted by Gasteiger charge is -2.22. The van der Waals surface area contributed by atoms with Crippen molar-refractivity contribution in [1.29, 1.82) is 0 Å². The van der Waals surface area contributed by atoms with Crippen molar-refractivity contribution in [1.82, 2.24) is 14.2 Å². The van der Waals surface area contributed by atoms with E-state index in [4.69, 9.17) is 4.74 Å². The van der Waals surface area contributed by atoms with Gasteiger partial charge in [-0.25, -0.2) is 17.7 Å². The Morgan fingerprint density at radius 1 is 1.03 bits per heavy atom. The molecular formula is C21H27ClN4O4S2. The van der Waals surface area contributed by atoms with Crippen LogP contribution in [0.2, 0.25) is 0 Å². The van der Waals surface area contributed by atoms with Crippen LogP contribution in [-0.4, -0.2) is 76.9 Å². The van der Waals surface area contributed by atoms with Crippen molar-refractivity contribution in [2.75, 3.05) is 53.3 Å². The van der Waals surface area contributed by atoms with Crippen LogP contribution in [0.1, 0.15) is 10.4 Å². The third kappa shape index (κ3) is 5.57. The molecule has 1 heterocycles. The maximum atomic E-state index is 13.3. The largest absolute Gasteiger partial charge is 0.497 e. The minimum absolute atomic E-state index is 0. The van der Waals surface area contributed by atoms with Gasteiger partial charge in [0.1, 0.15) is 5.75 Å². The van der Waals surface area contributed by atoms with E-state index in [1.807, 2.05) is 37.2 Å². The first kappa shape index (κ1) is 26.0. The Labute approximate surface area is 198 Å². The standard InChI is InChI=1S/C21H26N4O4S2.ClH/c1-23(2)12-13-25(21-22-18-11-8-16(29-5)14-19(18)30-21)20(26)15-6-9-17(10-7-15)31(27,28)24(3)4;/h6-11,14H,12-13H2,1-5H3;1H. The third-order valence-electron chi connectivity index (χ3n) is 4.71. The highest BCUT2D eigenvalue weighted by Gasteiger charge is 2.23.